The molecule has 0 saturated heterocycles. The fraction of sp³-hybridized carbons (Fsp3) is 0.0800. The Hall–Kier alpha value is -4.14. The maximum absolute atomic E-state index is 13.8. The molecule has 1 heterocycles. The van der Waals surface area contributed by atoms with Gasteiger partial charge in [0.15, 0.2) is 29.0 Å². The van der Waals surface area contributed by atoms with E-state index in [1.165, 1.54) is 31.4 Å². The van der Waals surface area contributed by atoms with E-state index in [1.54, 1.807) is 18.2 Å². The molecule has 0 bridgehead atoms. The van der Waals surface area contributed by atoms with Crippen molar-refractivity contribution in [1.82, 2.24) is 0 Å². The van der Waals surface area contributed by atoms with Gasteiger partial charge in [-0.1, -0.05) is 30.4 Å². The van der Waals surface area contributed by atoms with Crippen molar-refractivity contribution >= 4 is 11.9 Å². The molecule has 0 atom stereocenters. The van der Waals surface area contributed by atoms with Crippen molar-refractivity contribution in [2.75, 3.05) is 7.11 Å². The molecule has 0 aliphatic carbocycles. The van der Waals surface area contributed by atoms with Gasteiger partial charge in [0.25, 0.3) is 0 Å². The summed E-state index contributed by atoms with van der Waals surface area (Å²) >= 11 is 0. The zero-order valence-electron chi connectivity index (χ0n) is 17.5. The number of methoxy groups -OCH3 is 1. The van der Waals surface area contributed by atoms with E-state index < -0.39 is 47.0 Å². The molecule has 0 amide bonds. The minimum absolute atomic E-state index is 0.00121. The quantitative estimate of drug-likeness (QED) is 0.186. The largest absolute Gasteiger partial charge is 0.496 e. The number of carbonyl (C=O) groups is 1. The molecular formula is C25H15F5O4. The number of benzene rings is 3. The number of hydrogen-bond acceptors (Lipinski definition) is 4. The lowest BCUT2D eigenvalue weighted by atomic mass is 10.1. The number of carbonyl (C=O) groups excluding carboxylic acids is 1. The van der Waals surface area contributed by atoms with E-state index in [-0.39, 0.29) is 22.8 Å². The summed E-state index contributed by atoms with van der Waals surface area (Å²) in [6.45, 7) is -0.928. The van der Waals surface area contributed by atoms with E-state index in [2.05, 4.69) is 0 Å². The Morgan fingerprint density at radius 2 is 1.59 bits per heavy atom. The van der Waals surface area contributed by atoms with Gasteiger partial charge in [-0.3, -0.25) is 4.79 Å². The van der Waals surface area contributed by atoms with Crippen LogP contribution in [0.2, 0.25) is 0 Å². The highest BCUT2D eigenvalue weighted by atomic mass is 19.2. The monoisotopic (exact) mass is 474 g/mol. The molecule has 0 radical (unpaired) electrons. The van der Waals surface area contributed by atoms with Crippen molar-refractivity contribution in [2.24, 2.45) is 0 Å². The van der Waals surface area contributed by atoms with Gasteiger partial charge in [-0.15, -0.1) is 0 Å². The Bertz CT molecular complexity index is 1320. The van der Waals surface area contributed by atoms with Crippen LogP contribution >= 0.6 is 0 Å². The zero-order valence-corrected chi connectivity index (χ0v) is 17.5. The molecule has 0 unspecified atom stereocenters. The molecule has 174 valence electrons. The van der Waals surface area contributed by atoms with E-state index >= 15 is 0 Å². The van der Waals surface area contributed by atoms with Gasteiger partial charge in [-0.05, 0) is 24.3 Å². The summed E-state index contributed by atoms with van der Waals surface area (Å²) in [5.41, 5.74) is -0.106. The second kappa shape index (κ2) is 9.38. The van der Waals surface area contributed by atoms with Gasteiger partial charge >= 0.3 is 0 Å². The van der Waals surface area contributed by atoms with Crippen LogP contribution in [-0.2, 0) is 6.61 Å². The maximum Gasteiger partial charge on any atom is 0.231 e. The van der Waals surface area contributed by atoms with Crippen LogP contribution in [0.1, 0.15) is 21.5 Å². The maximum atomic E-state index is 13.8. The third-order valence-electron chi connectivity index (χ3n) is 4.99. The number of ether oxygens (including phenoxy) is 3. The Balaban J connectivity index is 1.50. The van der Waals surface area contributed by atoms with Gasteiger partial charge in [0.2, 0.25) is 11.6 Å². The smallest absolute Gasteiger partial charge is 0.231 e. The molecule has 1 aliphatic heterocycles. The molecule has 0 N–H and O–H groups in total. The lowest BCUT2D eigenvalue weighted by molar-refractivity contribution is 0.101. The minimum Gasteiger partial charge on any atom is -0.496 e. The molecule has 1 aliphatic rings. The zero-order chi connectivity index (χ0) is 24.4. The predicted octanol–water partition coefficient (Wildman–Crippen LogP) is 6.14. The molecule has 4 nitrogen and oxygen atoms in total. The lowest BCUT2D eigenvalue weighted by Gasteiger charge is -2.10. The highest BCUT2D eigenvalue weighted by Gasteiger charge is 2.28. The number of halogens is 5. The average Bonchev–Trinajstić information content (AvgIpc) is 3.16. The van der Waals surface area contributed by atoms with E-state index in [1.807, 2.05) is 18.2 Å². The first kappa shape index (κ1) is 23.0. The van der Waals surface area contributed by atoms with Crippen LogP contribution in [0.15, 0.2) is 60.4 Å². The topological polar surface area (TPSA) is 44.8 Å². The van der Waals surface area contributed by atoms with Crippen LogP contribution in [-0.4, -0.2) is 12.9 Å². The molecule has 0 saturated carbocycles. The van der Waals surface area contributed by atoms with Crippen LogP contribution in [0.4, 0.5) is 22.0 Å². The fourth-order valence-corrected chi connectivity index (χ4v) is 3.25. The molecule has 4 rings (SSSR count). The highest BCUT2D eigenvalue weighted by Crippen LogP contribution is 2.35. The molecule has 3 aromatic rings. The molecule has 3 aromatic carbocycles. The minimum atomic E-state index is -2.25. The van der Waals surface area contributed by atoms with Crippen molar-refractivity contribution in [3.05, 3.63) is 106 Å². The Morgan fingerprint density at radius 3 is 2.29 bits per heavy atom. The number of ketones is 1. The highest BCUT2D eigenvalue weighted by molar-refractivity contribution is 6.12. The molecule has 34 heavy (non-hydrogen) atoms. The van der Waals surface area contributed by atoms with E-state index in [0.29, 0.717) is 5.75 Å². The van der Waals surface area contributed by atoms with Crippen LogP contribution in [0, 0.1) is 29.1 Å². The van der Waals surface area contributed by atoms with Gasteiger partial charge < -0.3 is 14.2 Å². The van der Waals surface area contributed by atoms with Gasteiger partial charge in [-0.2, -0.15) is 0 Å². The molecule has 0 spiro atoms. The van der Waals surface area contributed by atoms with Crippen LogP contribution in [0.5, 0.6) is 17.2 Å². The van der Waals surface area contributed by atoms with Gasteiger partial charge in [-0.25, -0.2) is 22.0 Å². The average molecular weight is 474 g/mol. The fourth-order valence-electron chi connectivity index (χ4n) is 3.25. The van der Waals surface area contributed by atoms with Crippen molar-refractivity contribution in [3.63, 3.8) is 0 Å². The summed E-state index contributed by atoms with van der Waals surface area (Å²) in [7, 11) is 1.54. The first-order valence-corrected chi connectivity index (χ1v) is 9.83. The Morgan fingerprint density at radius 1 is 0.912 bits per heavy atom. The summed E-state index contributed by atoms with van der Waals surface area (Å²) in [6, 6.07) is 11.2. The Kier molecular flexibility index (Phi) is 6.36. The summed E-state index contributed by atoms with van der Waals surface area (Å²) in [5, 5.41) is 0. The summed E-state index contributed by atoms with van der Waals surface area (Å²) < 4.78 is 83.5. The lowest BCUT2D eigenvalue weighted by Crippen LogP contribution is -2.09. The summed E-state index contributed by atoms with van der Waals surface area (Å²) in [6.07, 6.45) is 4.80. The third-order valence-corrected chi connectivity index (χ3v) is 4.99. The summed E-state index contributed by atoms with van der Waals surface area (Å²) in [4.78, 5) is 12.5. The second-order valence-corrected chi connectivity index (χ2v) is 7.06. The van der Waals surface area contributed by atoms with Crippen LogP contribution < -0.4 is 14.2 Å². The van der Waals surface area contributed by atoms with Gasteiger partial charge in [0.1, 0.15) is 23.9 Å². The molecular weight excluding hydrogens is 459 g/mol. The molecule has 9 heteroatoms. The van der Waals surface area contributed by atoms with Crippen molar-refractivity contribution in [2.45, 2.75) is 6.61 Å². The van der Waals surface area contributed by atoms with E-state index in [9.17, 15) is 26.7 Å². The van der Waals surface area contributed by atoms with Gasteiger partial charge in [0.05, 0.1) is 18.2 Å². The van der Waals surface area contributed by atoms with Crippen molar-refractivity contribution in [3.8, 4) is 17.2 Å². The van der Waals surface area contributed by atoms with Gasteiger partial charge in [0, 0.05) is 11.6 Å². The molecule has 0 fully saturated rings. The van der Waals surface area contributed by atoms with Crippen molar-refractivity contribution < 1.29 is 41.0 Å². The molecule has 0 aromatic heterocycles. The Labute approximate surface area is 190 Å². The first-order chi connectivity index (χ1) is 16.3. The number of Topliss-reactive ketones (excluding diaryl/α,β-unsaturated/α-hetero) is 1. The van der Waals surface area contributed by atoms with E-state index in [4.69, 9.17) is 14.2 Å². The third kappa shape index (κ3) is 4.24. The number of para-hydroxylation sites is 1. The van der Waals surface area contributed by atoms with Crippen LogP contribution in [0.25, 0.3) is 6.08 Å². The predicted molar refractivity (Wildman–Crippen MR) is 112 cm³/mol. The van der Waals surface area contributed by atoms with E-state index in [0.717, 1.165) is 5.56 Å². The number of allylic oxidation sites excluding steroid dienone is 3. The van der Waals surface area contributed by atoms with Crippen molar-refractivity contribution in [1.29, 1.82) is 0 Å². The second-order valence-electron chi connectivity index (χ2n) is 7.06. The number of rotatable bonds is 6. The standard InChI is InChI=1S/C25H15F5O4/c1-32-17-7-3-2-5-13(17)6-4-8-18-25(31)15-10-9-14(11-19(15)34-18)33-12-16-20(26)22(28)24(30)23(29)21(16)27/h2-11H,12H2,1H3. The van der Waals surface area contributed by atoms with Crippen LogP contribution in [0.3, 0.4) is 0 Å². The SMILES string of the molecule is COc1ccccc1C=CC=C1Oc2cc(OCc3c(F)c(F)c(F)c(F)c3F)ccc2C1=O. The first-order valence-electron chi connectivity index (χ1n) is 9.83. The number of fused-ring (bicyclic) bond motifs is 1. The summed E-state index contributed by atoms with van der Waals surface area (Å²) in [5.74, 6) is -9.92. The number of hydrogen-bond donors (Lipinski definition) is 0. The normalized spacial score (nSPS) is 13.9.